The van der Waals surface area contributed by atoms with Crippen LogP contribution in [0.25, 0.3) is 11.3 Å². The molecule has 0 aliphatic carbocycles. The highest BCUT2D eigenvalue weighted by Gasteiger charge is 2.17. The second-order valence-electron chi connectivity index (χ2n) is 4.81. The monoisotopic (exact) mass is 394 g/mol. The summed E-state index contributed by atoms with van der Waals surface area (Å²) < 4.78 is 0.881. The summed E-state index contributed by atoms with van der Waals surface area (Å²) in [5.74, 6) is -0.287. The molecule has 1 N–H and O–H groups in total. The number of anilines is 1. The molecule has 0 saturated carbocycles. The summed E-state index contributed by atoms with van der Waals surface area (Å²) in [6, 6.07) is 14.5. The van der Waals surface area contributed by atoms with Crippen molar-refractivity contribution < 1.29 is 4.79 Å². The van der Waals surface area contributed by atoms with Crippen LogP contribution in [0.5, 0.6) is 0 Å². The summed E-state index contributed by atoms with van der Waals surface area (Å²) in [6.07, 6.45) is 1.95. The first-order chi connectivity index (χ1) is 11.6. The van der Waals surface area contributed by atoms with Gasteiger partial charge in [-0.05, 0) is 24.5 Å². The molecule has 1 amide bonds. The minimum atomic E-state index is -0.287. The fraction of sp³-hybridized carbons (Fsp3) is 0.0588. The molecule has 2 aromatic carbocycles. The number of benzene rings is 2. The van der Waals surface area contributed by atoms with Gasteiger partial charge in [0.1, 0.15) is 10.7 Å². The van der Waals surface area contributed by atoms with Crippen LogP contribution in [0, 0.1) is 0 Å². The Morgan fingerprint density at radius 1 is 1.17 bits per heavy atom. The number of amides is 1. The Labute approximate surface area is 158 Å². The van der Waals surface area contributed by atoms with Gasteiger partial charge >= 0.3 is 0 Å². The molecule has 1 heterocycles. The first-order valence-corrected chi connectivity index (χ1v) is 9.75. The number of aromatic nitrogens is 1. The van der Waals surface area contributed by atoms with Gasteiger partial charge in [-0.1, -0.05) is 76.6 Å². The van der Waals surface area contributed by atoms with Gasteiger partial charge in [-0.15, -0.1) is 0 Å². The Morgan fingerprint density at radius 3 is 2.58 bits per heavy atom. The van der Waals surface area contributed by atoms with E-state index in [1.54, 1.807) is 18.2 Å². The third-order valence-electron chi connectivity index (χ3n) is 3.23. The SMILES string of the molecule is CSc1nc(-c2ccccc2)c(NC(=O)c2ccc(Cl)cc2Cl)s1. The van der Waals surface area contributed by atoms with Crippen molar-refractivity contribution in [2.75, 3.05) is 11.6 Å². The normalized spacial score (nSPS) is 10.6. The predicted octanol–water partition coefficient (Wildman–Crippen LogP) is 6.09. The van der Waals surface area contributed by atoms with Gasteiger partial charge in [-0.25, -0.2) is 4.98 Å². The number of rotatable bonds is 4. The largest absolute Gasteiger partial charge is 0.312 e. The zero-order valence-corrected chi connectivity index (χ0v) is 15.7. The van der Waals surface area contributed by atoms with Crippen molar-refractivity contribution in [3.05, 3.63) is 64.1 Å². The zero-order valence-electron chi connectivity index (χ0n) is 12.5. The molecule has 0 bridgehead atoms. The van der Waals surface area contributed by atoms with Crippen molar-refractivity contribution in [2.45, 2.75) is 4.34 Å². The molecular weight excluding hydrogens is 383 g/mol. The number of hydrogen-bond donors (Lipinski definition) is 1. The van der Waals surface area contributed by atoms with E-state index in [-0.39, 0.29) is 5.91 Å². The first-order valence-electron chi connectivity index (χ1n) is 6.95. The van der Waals surface area contributed by atoms with Crippen LogP contribution >= 0.6 is 46.3 Å². The summed E-state index contributed by atoms with van der Waals surface area (Å²) in [5.41, 5.74) is 2.08. The smallest absolute Gasteiger partial charge is 0.257 e. The van der Waals surface area contributed by atoms with Crippen molar-refractivity contribution in [1.29, 1.82) is 0 Å². The van der Waals surface area contributed by atoms with Crippen LogP contribution in [0.3, 0.4) is 0 Å². The van der Waals surface area contributed by atoms with Crippen molar-refractivity contribution in [3.8, 4) is 11.3 Å². The van der Waals surface area contributed by atoms with E-state index < -0.39 is 0 Å². The van der Waals surface area contributed by atoms with Gasteiger partial charge in [0.05, 0.1) is 10.6 Å². The van der Waals surface area contributed by atoms with Crippen LogP contribution in [0.15, 0.2) is 52.9 Å². The van der Waals surface area contributed by atoms with Crippen LogP contribution in [0.4, 0.5) is 5.00 Å². The van der Waals surface area contributed by atoms with E-state index in [0.717, 1.165) is 15.6 Å². The summed E-state index contributed by atoms with van der Waals surface area (Å²) in [5, 5.41) is 4.42. The number of thiazole rings is 1. The molecule has 3 rings (SSSR count). The third kappa shape index (κ3) is 3.75. The quantitative estimate of drug-likeness (QED) is 0.544. The van der Waals surface area contributed by atoms with Crippen LogP contribution in [0.1, 0.15) is 10.4 Å². The lowest BCUT2D eigenvalue weighted by molar-refractivity contribution is 0.102. The highest BCUT2D eigenvalue weighted by Crippen LogP contribution is 2.37. The average molecular weight is 395 g/mol. The third-order valence-corrected chi connectivity index (χ3v) is 5.74. The summed E-state index contributed by atoms with van der Waals surface area (Å²) in [7, 11) is 0. The molecule has 0 saturated heterocycles. The Kier molecular flexibility index (Phi) is 5.46. The maximum Gasteiger partial charge on any atom is 0.257 e. The van der Waals surface area contributed by atoms with Crippen molar-refractivity contribution >= 4 is 57.2 Å². The van der Waals surface area contributed by atoms with Crippen LogP contribution in [-0.2, 0) is 0 Å². The fourth-order valence-electron chi connectivity index (χ4n) is 2.11. The lowest BCUT2D eigenvalue weighted by Crippen LogP contribution is -2.12. The molecule has 0 unspecified atom stereocenters. The molecule has 0 spiro atoms. The highest BCUT2D eigenvalue weighted by molar-refractivity contribution is 8.00. The van der Waals surface area contributed by atoms with Gasteiger partial charge < -0.3 is 5.32 Å². The molecule has 0 fully saturated rings. The Bertz CT molecular complexity index is 882. The van der Waals surface area contributed by atoms with Crippen molar-refractivity contribution in [2.24, 2.45) is 0 Å². The second-order valence-corrected chi connectivity index (χ2v) is 7.70. The minimum Gasteiger partial charge on any atom is -0.312 e. The molecular formula is C17H12Cl2N2OS2. The van der Waals surface area contributed by atoms with E-state index in [4.69, 9.17) is 23.2 Å². The molecule has 0 atom stereocenters. The van der Waals surface area contributed by atoms with Gasteiger partial charge in [0.2, 0.25) is 0 Å². The number of thioether (sulfide) groups is 1. The van der Waals surface area contributed by atoms with Crippen LogP contribution < -0.4 is 5.32 Å². The summed E-state index contributed by atoms with van der Waals surface area (Å²) >= 11 is 15.0. The average Bonchev–Trinajstić information content (AvgIpc) is 2.98. The van der Waals surface area contributed by atoms with Crippen molar-refractivity contribution in [3.63, 3.8) is 0 Å². The zero-order chi connectivity index (χ0) is 17.1. The minimum absolute atomic E-state index is 0.287. The van der Waals surface area contributed by atoms with Gasteiger partial charge in [0, 0.05) is 10.6 Å². The van der Waals surface area contributed by atoms with E-state index in [2.05, 4.69) is 10.3 Å². The number of carbonyl (C=O) groups excluding carboxylic acids is 1. The number of carbonyl (C=O) groups is 1. The van der Waals surface area contributed by atoms with E-state index in [1.807, 2.05) is 36.6 Å². The topological polar surface area (TPSA) is 42.0 Å². The van der Waals surface area contributed by atoms with Crippen molar-refractivity contribution in [1.82, 2.24) is 4.98 Å². The molecule has 24 heavy (non-hydrogen) atoms. The van der Waals surface area contributed by atoms with Crippen LogP contribution in [0.2, 0.25) is 10.0 Å². The van der Waals surface area contributed by atoms with Crippen LogP contribution in [-0.4, -0.2) is 17.1 Å². The number of halogens is 2. The Balaban J connectivity index is 1.95. The maximum atomic E-state index is 12.6. The molecule has 3 nitrogen and oxygen atoms in total. The molecule has 0 aliphatic rings. The van der Waals surface area contributed by atoms with Gasteiger partial charge in [-0.3, -0.25) is 4.79 Å². The van der Waals surface area contributed by atoms with E-state index in [9.17, 15) is 4.79 Å². The van der Waals surface area contributed by atoms with E-state index in [1.165, 1.54) is 23.1 Å². The van der Waals surface area contributed by atoms with E-state index in [0.29, 0.717) is 20.6 Å². The molecule has 1 aromatic heterocycles. The number of hydrogen-bond acceptors (Lipinski definition) is 4. The lowest BCUT2D eigenvalue weighted by atomic mass is 10.1. The molecule has 0 radical (unpaired) electrons. The van der Waals surface area contributed by atoms with Gasteiger partial charge in [0.25, 0.3) is 5.91 Å². The molecule has 7 heteroatoms. The standard InChI is InChI=1S/C17H12Cl2N2OS2/c1-23-17-20-14(10-5-3-2-4-6-10)16(24-17)21-15(22)12-8-7-11(18)9-13(12)19/h2-9H,1H3,(H,21,22). The molecule has 3 aromatic rings. The predicted molar refractivity (Wildman–Crippen MR) is 104 cm³/mol. The summed E-state index contributed by atoms with van der Waals surface area (Å²) in [4.78, 5) is 17.2. The van der Waals surface area contributed by atoms with Gasteiger partial charge in [-0.2, -0.15) is 0 Å². The Morgan fingerprint density at radius 2 is 1.92 bits per heavy atom. The fourth-order valence-corrected chi connectivity index (χ4v) is 4.08. The highest BCUT2D eigenvalue weighted by atomic mass is 35.5. The first kappa shape index (κ1) is 17.3. The van der Waals surface area contributed by atoms with Gasteiger partial charge in [0.15, 0.2) is 4.34 Å². The molecule has 0 aliphatic heterocycles. The summed E-state index contributed by atoms with van der Waals surface area (Å²) in [6.45, 7) is 0. The lowest BCUT2D eigenvalue weighted by Gasteiger charge is -2.07. The second kappa shape index (κ2) is 7.57. The molecule has 122 valence electrons. The maximum absolute atomic E-state index is 12.6. The van der Waals surface area contributed by atoms with E-state index >= 15 is 0 Å². The number of nitrogens with zero attached hydrogens (tertiary/aromatic N) is 1. The number of nitrogens with one attached hydrogen (secondary N) is 1. The Hall–Kier alpha value is -1.53.